The smallest absolute Gasteiger partial charge is 0.289 e. The van der Waals surface area contributed by atoms with Crippen molar-refractivity contribution in [1.82, 2.24) is 9.88 Å². The van der Waals surface area contributed by atoms with Gasteiger partial charge in [-0.3, -0.25) is 4.79 Å². The molecule has 1 aliphatic rings. The number of hydrogen-bond donors (Lipinski definition) is 0. The fourth-order valence-electron chi connectivity index (χ4n) is 2.75. The molecule has 0 aliphatic carbocycles. The number of amides is 1. The first kappa shape index (κ1) is 16.0. The minimum Gasteiger partial charge on any atom is -0.493 e. The summed E-state index contributed by atoms with van der Waals surface area (Å²) in [6, 6.07) is 11.0. The number of benzene rings is 1. The molecule has 3 aromatic rings. The van der Waals surface area contributed by atoms with E-state index < -0.39 is 0 Å². The van der Waals surface area contributed by atoms with Gasteiger partial charge < -0.3 is 18.8 Å². The largest absolute Gasteiger partial charge is 0.493 e. The molecule has 0 atom stereocenters. The molecule has 1 saturated heterocycles. The summed E-state index contributed by atoms with van der Waals surface area (Å²) < 4.78 is 17.6. The SMILES string of the molecule is COc1cccc2cc(C(=O)N3CC(Oc4ncccc4Br)C3)oc12. The van der Waals surface area contributed by atoms with Gasteiger partial charge >= 0.3 is 0 Å². The van der Waals surface area contributed by atoms with Crippen LogP contribution in [0.5, 0.6) is 11.6 Å². The summed E-state index contributed by atoms with van der Waals surface area (Å²) in [6.07, 6.45) is 1.60. The van der Waals surface area contributed by atoms with Gasteiger partial charge in [0.05, 0.1) is 24.7 Å². The molecule has 0 saturated carbocycles. The number of fused-ring (bicyclic) bond motifs is 1. The van der Waals surface area contributed by atoms with Crippen LogP contribution in [0.3, 0.4) is 0 Å². The molecule has 1 aliphatic heterocycles. The number of nitrogens with zero attached hydrogens (tertiary/aromatic N) is 2. The lowest BCUT2D eigenvalue weighted by Crippen LogP contribution is -2.56. The van der Waals surface area contributed by atoms with Crippen molar-refractivity contribution in [3.8, 4) is 11.6 Å². The summed E-state index contributed by atoms with van der Waals surface area (Å²) in [5.41, 5.74) is 0.582. The molecule has 25 heavy (non-hydrogen) atoms. The van der Waals surface area contributed by atoms with E-state index in [2.05, 4.69) is 20.9 Å². The fraction of sp³-hybridized carbons (Fsp3) is 0.222. The quantitative estimate of drug-likeness (QED) is 0.667. The van der Waals surface area contributed by atoms with E-state index in [0.29, 0.717) is 36.1 Å². The molecule has 0 radical (unpaired) electrons. The van der Waals surface area contributed by atoms with Crippen molar-refractivity contribution in [2.45, 2.75) is 6.10 Å². The number of halogens is 1. The van der Waals surface area contributed by atoms with Crippen LogP contribution < -0.4 is 9.47 Å². The number of likely N-dealkylation sites (tertiary alicyclic amines) is 1. The zero-order valence-corrected chi connectivity index (χ0v) is 15.0. The van der Waals surface area contributed by atoms with Gasteiger partial charge in [-0.1, -0.05) is 12.1 Å². The van der Waals surface area contributed by atoms with E-state index in [9.17, 15) is 4.79 Å². The van der Waals surface area contributed by atoms with Crippen LogP contribution in [0.15, 0.2) is 51.5 Å². The molecule has 7 heteroatoms. The Bertz CT molecular complexity index is 934. The van der Waals surface area contributed by atoms with Crippen LogP contribution in [0.1, 0.15) is 10.6 Å². The minimum atomic E-state index is -0.154. The van der Waals surface area contributed by atoms with Crippen LogP contribution in [0.4, 0.5) is 0 Å². The van der Waals surface area contributed by atoms with Gasteiger partial charge in [0.1, 0.15) is 6.10 Å². The average molecular weight is 403 g/mol. The zero-order valence-electron chi connectivity index (χ0n) is 13.4. The third kappa shape index (κ3) is 2.95. The van der Waals surface area contributed by atoms with Gasteiger partial charge in [0, 0.05) is 11.6 Å². The van der Waals surface area contributed by atoms with Crippen molar-refractivity contribution in [3.63, 3.8) is 0 Å². The second-order valence-corrected chi connectivity index (χ2v) is 6.58. The number of methoxy groups -OCH3 is 1. The van der Waals surface area contributed by atoms with Crippen molar-refractivity contribution in [3.05, 3.63) is 52.8 Å². The maximum Gasteiger partial charge on any atom is 0.289 e. The summed E-state index contributed by atoms with van der Waals surface area (Å²) in [5, 5.41) is 0.841. The molecule has 1 aromatic carbocycles. The third-order valence-corrected chi connectivity index (χ3v) is 4.68. The van der Waals surface area contributed by atoms with Crippen molar-refractivity contribution >= 4 is 32.8 Å². The Labute approximate surface area is 152 Å². The zero-order chi connectivity index (χ0) is 17.4. The first-order valence-electron chi connectivity index (χ1n) is 7.78. The number of carbonyl (C=O) groups excluding carboxylic acids is 1. The van der Waals surface area contributed by atoms with Gasteiger partial charge in [-0.2, -0.15) is 0 Å². The fourth-order valence-corrected chi connectivity index (χ4v) is 3.10. The number of rotatable bonds is 4. The molecule has 0 unspecified atom stereocenters. The predicted octanol–water partition coefficient (Wildman–Crippen LogP) is 3.50. The Hall–Kier alpha value is -2.54. The topological polar surface area (TPSA) is 64.8 Å². The van der Waals surface area contributed by atoms with Gasteiger partial charge in [-0.25, -0.2) is 4.98 Å². The summed E-state index contributed by atoms with van der Waals surface area (Å²) in [7, 11) is 1.58. The van der Waals surface area contributed by atoms with Gasteiger partial charge in [0.2, 0.25) is 5.88 Å². The number of aromatic nitrogens is 1. The first-order chi connectivity index (χ1) is 12.2. The van der Waals surface area contributed by atoms with Crippen molar-refractivity contribution in [2.24, 2.45) is 0 Å². The lowest BCUT2D eigenvalue weighted by molar-refractivity contribution is 0.0136. The summed E-state index contributed by atoms with van der Waals surface area (Å²) in [6.45, 7) is 0.992. The molecule has 0 N–H and O–H groups in total. The van der Waals surface area contributed by atoms with E-state index in [1.165, 1.54) is 0 Å². The van der Waals surface area contributed by atoms with E-state index in [1.807, 2.05) is 24.3 Å². The number of para-hydroxylation sites is 1. The Kier molecular flexibility index (Phi) is 4.09. The van der Waals surface area contributed by atoms with E-state index in [-0.39, 0.29) is 12.0 Å². The van der Waals surface area contributed by atoms with E-state index in [4.69, 9.17) is 13.9 Å². The first-order valence-corrected chi connectivity index (χ1v) is 8.58. The Morgan fingerprint density at radius 1 is 1.32 bits per heavy atom. The molecule has 0 spiro atoms. The third-order valence-electron chi connectivity index (χ3n) is 4.08. The monoisotopic (exact) mass is 402 g/mol. The number of ether oxygens (including phenoxy) is 2. The van der Waals surface area contributed by atoms with Crippen LogP contribution in [-0.4, -0.2) is 42.1 Å². The summed E-state index contributed by atoms with van der Waals surface area (Å²) in [5.74, 6) is 1.30. The highest BCUT2D eigenvalue weighted by Gasteiger charge is 2.35. The van der Waals surface area contributed by atoms with Crippen LogP contribution in [0, 0.1) is 0 Å². The van der Waals surface area contributed by atoms with Gasteiger partial charge in [-0.05, 0) is 40.2 Å². The predicted molar refractivity (Wildman–Crippen MR) is 95.0 cm³/mol. The van der Waals surface area contributed by atoms with Crippen molar-refractivity contribution in [2.75, 3.05) is 20.2 Å². The highest BCUT2D eigenvalue weighted by Crippen LogP contribution is 2.30. The highest BCUT2D eigenvalue weighted by molar-refractivity contribution is 9.10. The van der Waals surface area contributed by atoms with Gasteiger partial charge in [-0.15, -0.1) is 0 Å². The normalized spacial score (nSPS) is 14.4. The molecule has 1 fully saturated rings. The standard InChI is InChI=1S/C18H15BrN2O4/c1-23-14-6-2-4-11-8-15(25-16(11)14)18(22)21-9-12(10-21)24-17-13(19)5-3-7-20-17/h2-8,12H,9-10H2,1H3. The second-order valence-electron chi connectivity index (χ2n) is 5.73. The van der Waals surface area contributed by atoms with E-state index in [1.54, 1.807) is 30.3 Å². The molecular weight excluding hydrogens is 388 g/mol. The highest BCUT2D eigenvalue weighted by atomic mass is 79.9. The molecular formula is C18H15BrN2O4. The number of carbonyl (C=O) groups is 1. The van der Waals surface area contributed by atoms with Crippen molar-refractivity contribution < 1.29 is 18.7 Å². The summed E-state index contributed by atoms with van der Waals surface area (Å²) in [4.78, 5) is 18.4. The van der Waals surface area contributed by atoms with E-state index in [0.717, 1.165) is 9.86 Å². The second kappa shape index (κ2) is 6.40. The van der Waals surface area contributed by atoms with Crippen molar-refractivity contribution in [1.29, 1.82) is 0 Å². The van der Waals surface area contributed by atoms with E-state index >= 15 is 0 Å². The van der Waals surface area contributed by atoms with Crippen LogP contribution in [0.25, 0.3) is 11.0 Å². The van der Waals surface area contributed by atoms with Crippen LogP contribution >= 0.6 is 15.9 Å². The Morgan fingerprint density at radius 3 is 2.92 bits per heavy atom. The lowest BCUT2D eigenvalue weighted by atomic mass is 10.1. The molecule has 0 bridgehead atoms. The average Bonchev–Trinajstić information content (AvgIpc) is 3.03. The Balaban J connectivity index is 1.44. The molecule has 1 amide bonds. The molecule has 4 rings (SSSR count). The summed E-state index contributed by atoms with van der Waals surface area (Å²) >= 11 is 3.40. The Morgan fingerprint density at radius 2 is 2.16 bits per heavy atom. The van der Waals surface area contributed by atoms with Crippen LogP contribution in [-0.2, 0) is 0 Å². The lowest BCUT2D eigenvalue weighted by Gasteiger charge is -2.38. The maximum atomic E-state index is 12.6. The number of hydrogen-bond acceptors (Lipinski definition) is 5. The minimum absolute atomic E-state index is 0.0749. The maximum absolute atomic E-state index is 12.6. The van der Waals surface area contributed by atoms with Crippen LogP contribution in [0.2, 0.25) is 0 Å². The molecule has 6 nitrogen and oxygen atoms in total. The number of pyridine rings is 1. The molecule has 2 aromatic heterocycles. The number of furan rings is 1. The van der Waals surface area contributed by atoms with Gasteiger partial charge in [0.15, 0.2) is 17.1 Å². The molecule has 128 valence electrons. The van der Waals surface area contributed by atoms with Gasteiger partial charge in [0.25, 0.3) is 5.91 Å². The molecule has 3 heterocycles.